The van der Waals surface area contributed by atoms with Crippen LogP contribution in [0.3, 0.4) is 0 Å². The number of fused-ring (bicyclic) bond motifs is 2. The Morgan fingerprint density at radius 2 is 1.97 bits per heavy atom. The largest absolute Gasteiger partial charge is 0.483 e. The molecule has 2 N–H and O–H groups in total. The van der Waals surface area contributed by atoms with Crippen molar-refractivity contribution in [1.82, 2.24) is 10.3 Å². The first-order valence-corrected chi connectivity index (χ1v) is 12.4. The van der Waals surface area contributed by atoms with E-state index in [1.807, 2.05) is 24.5 Å². The lowest BCUT2D eigenvalue weighted by Gasteiger charge is -2.47. The molecule has 170 valence electrons. The highest BCUT2D eigenvalue weighted by molar-refractivity contribution is 5.70. The zero-order valence-electron chi connectivity index (χ0n) is 19.1. The van der Waals surface area contributed by atoms with Crippen LogP contribution in [0.4, 0.5) is 17.1 Å². The third kappa shape index (κ3) is 4.12. The smallest absolute Gasteiger partial charge is 0.145 e. The fourth-order valence-electron chi connectivity index (χ4n) is 5.81. The molecule has 1 aromatic heterocycles. The summed E-state index contributed by atoms with van der Waals surface area (Å²) in [6.07, 6.45) is 20.9. The van der Waals surface area contributed by atoms with E-state index in [-0.39, 0.29) is 5.60 Å². The van der Waals surface area contributed by atoms with Gasteiger partial charge in [-0.3, -0.25) is 4.98 Å². The summed E-state index contributed by atoms with van der Waals surface area (Å²) in [5, 5.41) is 6.99. The molecule has 2 aromatic rings. The highest BCUT2D eigenvalue weighted by Gasteiger charge is 2.41. The first-order valence-electron chi connectivity index (χ1n) is 12.4. The van der Waals surface area contributed by atoms with E-state index in [0.29, 0.717) is 5.92 Å². The first kappa shape index (κ1) is 20.4. The van der Waals surface area contributed by atoms with Crippen LogP contribution >= 0.6 is 0 Å². The van der Waals surface area contributed by atoms with Crippen LogP contribution < -0.4 is 20.3 Å². The van der Waals surface area contributed by atoms with Crippen LogP contribution in [0.15, 0.2) is 78.4 Å². The number of nitrogens with zero attached hydrogens (tertiary/aromatic N) is 2. The van der Waals surface area contributed by atoms with Crippen LogP contribution in [-0.4, -0.2) is 23.7 Å². The van der Waals surface area contributed by atoms with Gasteiger partial charge < -0.3 is 20.3 Å². The topological polar surface area (TPSA) is 49.4 Å². The molecule has 1 spiro atoms. The van der Waals surface area contributed by atoms with Crippen molar-refractivity contribution in [2.24, 2.45) is 5.92 Å². The zero-order chi connectivity index (χ0) is 22.1. The predicted molar refractivity (Wildman–Crippen MR) is 134 cm³/mol. The molecule has 5 heteroatoms. The van der Waals surface area contributed by atoms with Crippen molar-refractivity contribution in [3.8, 4) is 5.75 Å². The van der Waals surface area contributed by atoms with Crippen molar-refractivity contribution in [2.75, 3.05) is 23.3 Å². The number of anilines is 3. The predicted octanol–water partition coefficient (Wildman–Crippen LogP) is 6.06. The highest BCUT2D eigenvalue weighted by Crippen LogP contribution is 2.45. The van der Waals surface area contributed by atoms with Gasteiger partial charge in [-0.2, -0.15) is 0 Å². The number of hydrogen-bond donors (Lipinski definition) is 2. The molecule has 3 heterocycles. The molecule has 1 aromatic carbocycles. The summed E-state index contributed by atoms with van der Waals surface area (Å²) < 4.78 is 6.79. The lowest BCUT2D eigenvalue weighted by Crippen LogP contribution is -2.52. The van der Waals surface area contributed by atoms with Gasteiger partial charge in [0.05, 0.1) is 12.2 Å². The molecule has 1 unspecified atom stereocenters. The van der Waals surface area contributed by atoms with E-state index in [1.54, 1.807) is 0 Å². The Kier molecular flexibility index (Phi) is 5.33. The Hall–Kier alpha value is -3.21. The third-order valence-electron chi connectivity index (χ3n) is 7.54. The van der Waals surface area contributed by atoms with E-state index in [4.69, 9.17) is 4.74 Å². The van der Waals surface area contributed by atoms with Crippen molar-refractivity contribution in [1.29, 1.82) is 0 Å². The summed E-state index contributed by atoms with van der Waals surface area (Å²) >= 11 is 0. The van der Waals surface area contributed by atoms with Gasteiger partial charge in [0.1, 0.15) is 11.4 Å². The number of aromatic nitrogens is 1. The number of pyridine rings is 1. The second-order valence-electron chi connectivity index (χ2n) is 9.76. The van der Waals surface area contributed by atoms with Crippen molar-refractivity contribution in [3.63, 3.8) is 0 Å². The average Bonchev–Trinajstić information content (AvgIpc) is 3.26. The van der Waals surface area contributed by atoms with E-state index in [2.05, 4.69) is 63.1 Å². The lowest BCUT2D eigenvalue weighted by molar-refractivity contribution is 0.0286. The van der Waals surface area contributed by atoms with Gasteiger partial charge in [0.15, 0.2) is 0 Å². The fraction of sp³-hybridized carbons (Fsp3) is 0.393. The molecule has 1 atom stereocenters. The molecule has 0 saturated heterocycles. The monoisotopic (exact) mass is 440 g/mol. The van der Waals surface area contributed by atoms with E-state index in [0.717, 1.165) is 55.9 Å². The Morgan fingerprint density at radius 3 is 2.85 bits per heavy atom. The van der Waals surface area contributed by atoms with Crippen molar-refractivity contribution < 1.29 is 4.74 Å². The number of ether oxygens (including phenoxy) is 1. The molecule has 5 nitrogen and oxygen atoms in total. The summed E-state index contributed by atoms with van der Waals surface area (Å²) in [7, 11) is 0. The van der Waals surface area contributed by atoms with Crippen LogP contribution in [0.2, 0.25) is 0 Å². The van der Waals surface area contributed by atoms with E-state index in [1.165, 1.54) is 36.2 Å². The number of rotatable bonds is 5. The van der Waals surface area contributed by atoms with Gasteiger partial charge in [-0.15, -0.1) is 0 Å². The fourth-order valence-corrected chi connectivity index (χ4v) is 5.81. The third-order valence-corrected chi connectivity index (χ3v) is 7.54. The Bertz CT molecular complexity index is 1100. The second kappa shape index (κ2) is 8.62. The van der Waals surface area contributed by atoms with Crippen LogP contribution in [0, 0.1) is 5.92 Å². The Morgan fingerprint density at radius 1 is 1.09 bits per heavy atom. The van der Waals surface area contributed by atoms with Gasteiger partial charge in [0, 0.05) is 54.2 Å². The Balaban J connectivity index is 1.24. The molecule has 33 heavy (non-hydrogen) atoms. The summed E-state index contributed by atoms with van der Waals surface area (Å²) in [5.41, 5.74) is 6.13. The summed E-state index contributed by atoms with van der Waals surface area (Å²) in [6.45, 7) is 2.02. The zero-order valence-corrected chi connectivity index (χ0v) is 19.1. The van der Waals surface area contributed by atoms with Crippen molar-refractivity contribution in [3.05, 3.63) is 78.4 Å². The summed E-state index contributed by atoms with van der Waals surface area (Å²) in [5.74, 6) is 1.55. The molecule has 1 saturated carbocycles. The molecular weight excluding hydrogens is 408 g/mol. The Labute approximate surface area is 196 Å². The number of nitrogens with one attached hydrogen (secondary N) is 2. The van der Waals surface area contributed by atoms with Crippen LogP contribution in [0.25, 0.3) is 0 Å². The molecule has 4 aliphatic rings. The number of benzene rings is 1. The molecular formula is C28H32N4O. The van der Waals surface area contributed by atoms with Gasteiger partial charge in [0.2, 0.25) is 0 Å². The maximum Gasteiger partial charge on any atom is 0.145 e. The molecule has 0 bridgehead atoms. The molecule has 2 aliphatic heterocycles. The second-order valence-corrected chi connectivity index (χ2v) is 9.76. The summed E-state index contributed by atoms with van der Waals surface area (Å²) in [4.78, 5) is 6.70. The van der Waals surface area contributed by atoms with E-state index < -0.39 is 0 Å². The molecule has 2 aliphatic carbocycles. The standard InChI is InChI=1S/C28H32N4O/c1-4-13-28(14-5-1)20-32(17-12-21-19-30-25-7-3-2-6-24(21)25)26-9-8-23(18-27(26)33-28)31-22-10-15-29-16-11-22/h2-3,7-11,15-16,18-19,24,30H,1,4-6,12-14,17,20H2,(H,29,31). The van der Waals surface area contributed by atoms with Crippen molar-refractivity contribution in [2.45, 2.75) is 50.5 Å². The maximum absolute atomic E-state index is 6.79. The first-order chi connectivity index (χ1) is 16.3. The van der Waals surface area contributed by atoms with Gasteiger partial charge >= 0.3 is 0 Å². The highest BCUT2D eigenvalue weighted by atomic mass is 16.5. The van der Waals surface area contributed by atoms with Crippen LogP contribution in [0.5, 0.6) is 5.75 Å². The van der Waals surface area contributed by atoms with Crippen molar-refractivity contribution >= 4 is 17.1 Å². The van der Waals surface area contributed by atoms with E-state index >= 15 is 0 Å². The minimum atomic E-state index is -0.0541. The molecule has 0 amide bonds. The number of hydrogen-bond acceptors (Lipinski definition) is 5. The SMILES string of the molecule is C1=CCC2C(CCN3CC4(CCCCC4)Oc4cc(Nc5ccncc5)ccc43)=CNC2=C1. The molecule has 6 rings (SSSR count). The van der Waals surface area contributed by atoms with Gasteiger partial charge in [-0.05, 0) is 74.4 Å². The quantitative estimate of drug-likeness (QED) is 0.591. The minimum absolute atomic E-state index is 0.0541. The van der Waals surface area contributed by atoms with Crippen LogP contribution in [-0.2, 0) is 0 Å². The van der Waals surface area contributed by atoms with E-state index in [9.17, 15) is 0 Å². The van der Waals surface area contributed by atoms with Gasteiger partial charge in [-0.25, -0.2) is 0 Å². The number of allylic oxidation sites excluding steroid dienone is 4. The van der Waals surface area contributed by atoms with Gasteiger partial charge in [-0.1, -0.05) is 18.6 Å². The van der Waals surface area contributed by atoms with Gasteiger partial charge in [0.25, 0.3) is 0 Å². The molecule has 1 fully saturated rings. The lowest BCUT2D eigenvalue weighted by atomic mass is 9.83. The normalized spacial score (nSPS) is 22.5. The average molecular weight is 441 g/mol. The van der Waals surface area contributed by atoms with Crippen LogP contribution in [0.1, 0.15) is 44.9 Å². The summed E-state index contributed by atoms with van der Waals surface area (Å²) in [6, 6.07) is 10.5. The molecule has 0 radical (unpaired) electrons. The maximum atomic E-state index is 6.79. The minimum Gasteiger partial charge on any atom is -0.483 e.